The minimum absolute atomic E-state index is 0.239. The lowest BCUT2D eigenvalue weighted by Gasteiger charge is -2.02. The number of hydrazine groups is 1. The van der Waals surface area contributed by atoms with E-state index < -0.39 is 0 Å². The lowest BCUT2D eigenvalue weighted by molar-refractivity contribution is 0.0957. The summed E-state index contributed by atoms with van der Waals surface area (Å²) in [7, 11) is 0. The van der Waals surface area contributed by atoms with Gasteiger partial charge < -0.3 is 0 Å². The summed E-state index contributed by atoms with van der Waals surface area (Å²) in [4.78, 5) is 16.3. The van der Waals surface area contributed by atoms with Gasteiger partial charge in [0.15, 0.2) is 0 Å². The predicted octanol–water partition coefficient (Wildman–Crippen LogP) is 2.04. The van der Waals surface area contributed by atoms with E-state index in [2.05, 4.69) is 10.4 Å². The second-order valence-electron chi connectivity index (χ2n) is 3.21. The number of thioether (sulfide) groups is 1. The number of amides is 1. The van der Waals surface area contributed by atoms with Crippen LogP contribution in [0.2, 0.25) is 0 Å². The van der Waals surface area contributed by atoms with E-state index in [4.69, 9.17) is 5.84 Å². The van der Waals surface area contributed by atoms with E-state index in [-0.39, 0.29) is 5.91 Å². The highest BCUT2D eigenvalue weighted by molar-refractivity contribution is 7.98. The number of carbonyl (C=O) groups is 1. The van der Waals surface area contributed by atoms with Crippen LogP contribution in [-0.4, -0.2) is 10.9 Å². The highest BCUT2D eigenvalue weighted by Crippen LogP contribution is 2.25. The van der Waals surface area contributed by atoms with Crippen LogP contribution in [-0.2, 0) is 5.75 Å². The van der Waals surface area contributed by atoms with Crippen LogP contribution < -0.4 is 11.3 Å². The van der Waals surface area contributed by atoms with E-state index in [1.165, 1.54) is 11.3 Å². The number of nitrogens with two attached hydrogens (primary N) is 1. The van der Waals surface area contributed by atoms with Gasteiger partial charge in [0.2, 0.25) is 0 Å². The molecule has 0 bridgehead atoms. The number of rotatable bonds is 4. The summed E-state index contributed by atoms with van der Waals surface area (Å²) in [5.41, 5.74) is 3.13. The highest BCUT2D eigenvalue weighted by atomic mass is 32.2. The maximum atomic E-state index is 11.5. The first-order chi connectivity index (χ1) is 8.31. The molecule has 0 aliphatic carbocycles. The largest absolute Gasteiger partial charge is 0.289 e. The number of thiophene rings is 1. The number of nitrogen functional groups attached to an aromatic ring is 1. The Labute approximate surface area is 107 Å². The maximum absolute atomic E-state index is 11.5. The highest BCUT2D eigenvalue weighted by Gasteiger charge is 2.11. The third-order valence-corrected chi connectivity index (χ3v) is 4.05. The zero-order valence-electron chi connectivity index (χ0n) is 8.92. The van der Waals surface area contributed by atoms with Crippen LogP contribution in [0.3, 0.4) is 0 Å². The molecular weight excluding hydrogens is 254 g/mol. The van der Waals surface area contributed by atoms with Gasteiger partial charge in [0, 0.05) is 11.9 Å². The van der Waals surface area contributed by atoms with Gasteiger partial charge in [0.25, 0.3) is 5.91 Å². The van der Waals surface area contributed by atoms with Crippen LogP contribution in [0.4, 0.5) is 0 Å². The zero-order chi connectivity index (χ0) is 12.1. The van der Waals surface area contributed by atoms with Gasteiger partial charge in [-0.3, -0.25) is 10.2 Å². The number of aromatic nitrogens is 1. The summed E-state index contributed by atoms with van der Waals surface area (Å²) in [6.07, 6.45) is 1.75. The van der Waals surface area contributed by atoms with Gasteiger partial charge in [-0.1, -0.05) is 6.07 Å². The van der Waals surface area contributed by atoms with Crippen molar-refractivity contribution in [3.8, 4) is 0 Å². The van der Waals surface area contributed by atoms with Gasteiger partial charge in [-0.2, -0.15) is 0 Å². The molecule has 0 aliphatic rings. The lowest BCUT2D eigenvalue weighted by atomic mass is 10.3. The van der Waals surface area contributed by atoms with Crippen molar-refractivity contribution >= 4 is 29.0 Å². The van der Waals surface area contributed by atoms with Gasteiger partial charge >= 0.3 is 0 Å². The lowest BCUT2D eigenvalue weighted by Crippen LogP contribution is -2.29. The Morgan fingerprint density at radius 1 is 1.47 bits per heavy atom. The van der Waals surface area contributed by atoms with Crippen molar-refractivity contribution in [2.45, 2.75) is 10.8 Å². The normalized spacial score (nSPS) is 10.2. The molecule has 4 nitrogen and oxygen atoms in total. The summed E-state index contributed by atoms with van der Waals surface area (Å²) >= 11 is 2.99. The molecule has 3 N–H and O–H groups in total. The molecule has 0 saturated carbocycles. The number of pyridine rings is 1. The van der Waals surface area contributed by atoms with Crippen LogP contribution in [0.15, 0.2) is 40.9 Å². The van der Waals surface area contributed by atoms with Crippen molar-refractivity contribution in [2.75, 3.05) is 0 Å². The van der Waals surface area contributed by atoms with E-state index in [0.717, 1.165) is 10.6 Å². The Bertz CT molecular complexity index is 498. The molecule has 0 saturated heterocycles. The van der Waals surface area contributed by atoms with Gasteiger partial charge in [-0.05, 0) is 29.1 Å². The first-order valence-corrected chi connectivity index (χ1v) is 6.79. The van der Waals surface area contributed by atoms with Crippen LogP contribution in [0.5, 0.6) is 0 Å². The molecule has 0 atom stereocenters. The second-order valence-corrected chi connectivity index (χ2v) is 5.12. The first kappa shape index (κ1) is 12.1. The molecule has 2 rings (SSSR count). The first-order valence-electron chi connectivity index (χ1n) is 4.92. The van der Waals surface area contributed by atoms with Crippen LogP contribution in [0.25, 0.3) is 0 Å². The third kappa shape index (κ3) is 3.06. The fourth-order valence-corrected chi connectivity index (χ4v) is 3.07. The Hall–Kier alpha value is -1.37. The molecule has 2 aromatic heterocycles. The van der Waals surface area contributed by atoms with Gasteiger partial charge in [0.1, 0.15) is 0 Å². The molecular formula is C11H11N3OS2. The molecule has 0 aromatic carbocycles. The van der Waals surface area contributed by atoms with Crippen LogP contribution in [0, 0.1) is 0 Å². The van der Waals surface area contributed by atoms with Crippen molar-refractivity contribution in [3.63, 3.8) is 0 Å². The molecule has 88 valence electrons. The van der Waals surface area contributed by atoms with E-state index in [1.54, 1.807) is 18.0 Å². The zero-order valence-corrected chi connectivity index (χ0v) is 10.6. The van der Waals surface area contributed by atoms with Crippen LogP contribution in [0.1, 0.15) is 15.2 Å². The molecule has 17 heavy (non-hydrogen) atoms. The van der Waals surface area contributed by atoms with E-state index in [1.807, 2.05) is 29.6 Å². The summed E-state index contributed by atoms with van der Waals surface area (Å²) in [5.74, 6) is 5.60. The van der Waals surface area contributed by atoms with Crippen molar-refractivity contribution in [3.05, 3.63) is 46.3 Å². The molecule has 2 heterocycles. The quantitative estimate of drug-likeness (QED) is 0.384. The Kier molecular flexibility index (Phi) is 4.13. The summed E-state index contributed by atoms with van der Waals surface area (Å²) in [6, 6.07) is 7.70. The SMILES string of the molecule is NNC(=O)c1sccc1CSc1ccccn1. The number of hydrogen-bond acceptors (Lipinski definition) is 5. The van der Waals surface area contributed by atoms with Crippen molar-refractivity contribution in [1.29, 1.82) is 0 Å². The standard InChI is InChI=1S/C11H11N3OS2/c12-14-11(15)10-8(4-6-16-10)7-17-9-3-1-2-5-13-9/h1-6H,7,12H2,(H,14,15). The molecule has 1 amide bonds. The van der Waals surface area contributed by atoms with E-state index in [9.17, 15) is 4.79 Å². The monoisotopic (exact) mass is 265 g/mol. The summed E-state index contributed by atoms with van der Waals surface area (Å²) in [6.45, 7) is 0. The Morgan fingerprint density at radius 3 is 3.06 bits per heavy atom. The molecule has 0 radical (unpaired) electrons. The molecule has 2 aromatic rings. The summed E-state index contributed by atoms with van der Waals surface area (Å²) in [5, 5.41) is 2.83. The second kappa shape index (κ2) is 5.81. The van der Waals surface area contributed by atoms with Crippen LogP contribution >= 0.6 is 23.1 Å². The number of hydrogen-bond donors (Lipinski definition) is 2. The van der Waals surface area contributed by atoms with Gasteiger partial charge in [0.05, 0.1) is 9.90 Å². The topological polar surface area (TPSA) is 68.0 Å². The summed E-state index contributed by atoms with van der Waals surface area (Å²) < 4.78 is 0. The number of nitrogens with one attached hydrogen (secondary N) is 1. The van der Waals surface area contributed by atoms with Crippen molar-refractivity contribution in [1.82, 2.24) is 10.4 Å². The van der Waals surface area contributed by atoms with Gasteiger partial charge in [-0.15, -0.1) is 23.1 Å². The van der Waals surface area contributed by atoms with Crippen molar-refractivity contribution in [2.24, 2.45) is 5.84 Å². The predicted molar refractivity (Wildman–Crippen MR) is 69.8 cm³/mol. The fraction of sp³-hybridized carbons (Fsp3) is 0.0909. The minimum Gasteiger partial charge on any atom is -0.289 e. The van der Waals surface area contributed by atoms with Gasteiger partial charge in [-0.25, -0.2) is 10.8 Å². The van der Waals surface area contributed by atoms with E-state index in [0.29, 0.717) is 10.6 Å². The third-order valence-electron chi connectivity index (χ3n) is 2.10. The number of carbonyl (C=O) groups excluding carboxylic acids is 1. The van der Waals surface area contributed by atoms with Crippen molar-refractivity contribution < 1.29 is 4.79 Å². The number of nitrogens with zero attached hydrogens (tertiary/aromatic N) is 1. The molecule has 6 heteroatoms. The Morgan fingerprint density at radius 2 is 2.35 bits per heavy atom. The Balaban J connectivity index is 2.05. The fourth-order valence-electron chi connectivity index (χ4n) is 1.30. The maximum Gasteiger partial charge on any atom is 0.275 e. The average molecular weight is 265 g/mol. The minimum atomic E-state index is -0.239. The van der Waals surface area contributed by atoms with E-state index >= 15 is 0 Å². The average Bonchev–Trinajstić information content (AvgIpc) is 2.85. The molecule has 0 fully saturated rings. The molecule has 0 aliphatic heterocycles. The molecule has 0 spiro atoms. The smallest absolute Gasteiger partial charge is 0.275 e. The molecule has 0 unspecified atom stereocenters.